The summed E-state index contributed by atoms with van der Waals surface area (Å²) in [5.41, 5.74) is 6.35. The molecule has 2 aliphatic carbocycles. The normalized spacial score (nSPS) is 30.2. The van der Waals surface area contributed by atoms with Crippen LogP contribution in [0.4, 0.5) is 9.18 Å². The lowest BCUT2D eigenvalue weighted by molar-refractivity contribution is 0.105. The minimum Gasteiger partial charge on any atom is -0.385 e. The number of amidine groups is 1. The molecule has 1 saturated carbocycles. The van der Waals surface area contributed by atoms with Gasteiger partial charge in [-0.05, 0) is 37.7 Å². The van der Waals surface area contributed by atoms with Crippen LogP contribution >= 0.6 is 0 Å². The number of aliphatic imine (C=N–C) groups is 1. The van der Waals surface area contributed by atoms with Gasteiger partial charge in [-0.1, -0.05) is 25.0 Å². The first-order valence-electron chi connectivity index (χ1n) is 9.51. The third-order valence-corrected chi connectivity index (χ3v) is 6.29. The lowest BCUT2D eigenvalue weighted by Gasteiger charge is -2.45. The number of likely N-dealkylation sites (tertiary alicyclic amines) is 1. The van der Waals surface area contributed by atoms with Gasteiger partial charge < -0.3 is 10.6 Å². The molecule has 0 aromatic carbocycles. The van der Waals surface area contributed by atoms with E-state index in [0.717, 1.165) is 38.4 Å². The van der Waals surface area contributed by atoms with Crippen LogP contribution in [0.2, 0.25) is 0 Å². The van der Waals surface area contributed by atoms with Crippen LogP contribution in [0, 0.1) is 5.92 Å². The molecule has 2 aliphatic heterocycles. The molecule has 1 atom stereocenters. The zero-order valence-electron chi connectivity index (χ0n) is 14.7. The van der Waals surface area contributed by atoms with E-state index < -0.39 is 11.7 Å². The monoisotopic (exact) mass is 346 g/mol. The van der Waals surface area contributed by atoms with Crippen LogP contribution in [0.25, 0.3) is 0 Å². The van der Waals surface area contributed by atoms with Gasteiger partial charge in [-0.25, -0.2) is 9.18 Å². The third-order valence-electron chi connectivity index (χ3n) is 6.29. The van der Waals surface area contributed by atoms with E-state index in [1.165, 1.54) is 31.8 Å². The maximum Gasteiger partial charge on any atom is 0.350 e. The molecule has 6 heteroatoms. The van der Waals surface area contributed by atoms with Crippen molar-refractivity contribution in [1.29, 1.82) is 0 Å². The Morgan fingerprint density at radius 1 is 1.28 bits per heavy atom. The number of amides is 2. The molecule has 25 heavy (non-hydrogen) atoms. The highest BCUT2D eigenvalue weighted by Gasteiger charge is 2.51. The Hall–Kier alpha value is -1.69. The summed E-state index contributed by atoms with van der Waals surface area (Å²) in [6.07, 6.45) is 11.2. The lowest BCUT2D eigenvalue weighted by Crippen LogP contribution is -2.59. The fourth-order valence-corrected chi connectivity index (χ4v) is 4.88. The van der Waals surface area contributed by atoms with E-state index in [0.29, 0.717) is 11.5 Å². The van der Waals surface area contributed by atoms with Gasteiger partial charge in [0.05, 0.1) is 0 Å². The van der Waals surface area contributed by atoms with Gasteiger partial charge in [0, 0.05) is 31.8 Å². The Bertz CT molecular complexity index is 627. The highest BCUT2D eigenvalue weighted by Crippen LogP contribution is 2.39. The lowest BCUT2D eigenvalue weighted by atomic mass is 9.84. The van der Waals surface area contributed by atoms with Crippen LogP contribution in [0.5, 0.6) is 0 Å². The zero-order chi connectivity index (χ0) is 17.4. The van der Waals surface area contributed by atoms with E-state index in [-0.39, 0.29) is 12.5 Å². The summed E-state index contributed by atoms with van der Waals surface area (Å²) in [4.78, 5) is 20.7. The first-order valence-corrected chi connectivity index (χ1v) is 9.51. The molecule has 4 rings (SSSR count). The molecule has 1 unspecified atom stereocenters. The van der Waals surface area contributed by atoms with Gasteiger partial charge in [0.15, 0.2) is 0 Å². The molecule has 1 saturated heterocycles. The maximum absolute atomic E-state index is 13.8. The van der Waals surface area contributed by atoms with Crippen LogP contribution < -0.4 is 5.73 Å². The molecular formula is C19H27FN4O. The molecule has 2 N–H and O–H groups in total. The predicted octanol–water partition coefficient (Wildman–Crippen LogP) is 2.99. The average Bonchev–Trinajstić information content (AvgIpc) is 3.17. The summed E-state index contributed by atoms with van der Waals surface area (Å²) in [5.74, 6) is 1.23. The molecule has 2 amide bonds. The van der Waals surface area contributed by atoms with Crippen molar-refractivity contribution in [2.24, 2.45) is 16.6 Å². The average molecular weight is 346 g/mol. The largest absolute Gasteiger partial charge is 0.385 e. The summed E-state index contributed by atoms with van der Waals surface area (Å²) >= 11 is 0. The van der Waals surface area contributed by atoms with Crippen LogP contribution in [-0.2, 0) is 0 Å². The quantitative estimate of drug-likeness (QED) is 0.854. The second kappa shape index (κ2) is 6.56. The SMILES string of the molecule is NC1=NC(=O)N(C2=CC=CC(F)C2)C12CCN(CC1CCCC1)CC2. The summed E-state index contributed by atoms with van der Waals surface area (Å²) in [7, 11) is 0. The van der Waals surface area contributed by atoms with Crippen LogP contribution in [0.15, 0.2) is 28.9 Å². The number of carbonyl (C=O) groups excluding carboxylic acids is 1. The Morgan fingerprint density at radius 2 is 2.00 bits per heavy atom. The molecule has 136 valence electrons. The summed E-state index contributed by atoms with van der Waals surface area (Å²) < 4.78 is 13.8. The van der Waals surface area contributed by atoms with Crippen molar-refractivity contribution in [2.75, 3.05) is 19.6 Å². The molecule has 0 aromatic heterocycles. The van der Waals surface area contributed by atoms with E-state index in [1.807, 2.05) is 6.08 Å². The highest BCUT2D eigenvalue weighted by molar-refractivity contribution is 6.06. The van der Waals surface area contributed by atoms with Gasteiger partial charge in [0.25, 0.3) is 0 Å². The van der Waals surface area contributed by atoms with Gasteiger partial charge in [-0.2, -0.15) is 4.99 Å². The maximum atomic E-state index is 13.8. The van der Waals surface area contributed by atoms with Gasteiger partial charge in [-0.3, -0.25) is 4.90 Å². The Labute approximate surface area is 148 Å². The topological polar surface area (TPSA) is 61.9 Å². The summed E-state index contributed by atoms with van der Waals surface area (Å²) in [6.45, 7) is 2.98. The molecule has 0 radical (unpaired) electrons. The van der Waals surface area contributed by atoms with Crippen LogP contribution in [0.1, 0.15) is 44.9 Å². The fourth-order valence-electron chi connectivity index (χ4n) is 4.88. The number of allylic oxidation sites excluding steroid dienone is 4. The summed E-state index contributed by atoms with van der Waals surface area (Å²) in [5, 5.41) is 0. The van der Waals surface area contributed by atoms with Crippen molar-refractivity contribution in [3.8, 4) is 0 Å². The molecule has 0 bridgehead atoms. The van der Waals surface area contributed by atoms with Crippen molar-refractivity contribution in [1.82, 2.24) is 9.80 Å². The van der Waals surface area contributed by atoms with Gasteiger partial charge in [-0.15, -0.1) is 0 Å². The minimum absolute atomic E-state index is 0.221. The Morgan fingerprint density at radius 3 is 2.68 bits per heavy atom. The number of halogens is 1. The first kappa shape index (κ1) is 16.8. The van der Waals surface area contributed by atoms with Gasteiger partial charge in [0.1, 0.15) is 17.5 Å². The second-order valence-electron chi connectivity index (χ2n) is 7.86. The van der Waals surface area contributed by atoms with E-state index in [4.69, 9.17) is 5.73 Å². The van der Waals surface area contributed by atoms with E-state index in [1.54, 1.807) is 11.0 Å². The van der Waals surface area contributed by atoms with Crippen molar-refractivity contribution in [3.63, 3.8) is 0 Å². The van der Waals surface area contributed by atoms with Crippen molar-refractivity contribution in [3.05, 3.63) is 23.9 Å². The number of urea groups is 1. The number of alkyl halides is 1. The number of hydrogen-bond donors (Lipinski definition) is 1. The Balaban J connectivity index is 1.49. The molecule has 2 fully saturated rings. The van der Waals surface area contributed by atoms with Crippen molar-refractivity contribution < 1.29 is 9.18 Å². The van der Waals surface area contributed by atoms with Crippen molar-refractivity contribution >= 4 is 11.9 Å². The van der Waals surface area contributed by atoms with Crippen LogP contribution in [-0.4, -0.2) is 53.0 Å². The number of nitrogens with zero attached hydrogens (tertiary/aromatic N) is 3. The third kappa shape index (κ3) is 3.01. The fraction of sp³-hybridized carbons (Fsp3) is 0.684. The molecule has 1 spiro atoms. The molecule has 5 nitrogen and oxygen atoms in total. The summed E-state index contributed by atoms with van der Waals surface area (Å²) in [6, 6.07) is -0.338. The van der Waals surface area contributed by atoms with Gasteiger partial charge in [0.2, 0.25) is 0 Å². The Kier molecular flexibility index (Phi) is 4.40. The number of carbonyl (C=O) groups is 1. The highest BCUT2D eigenvalue weighted by atomic mass is 19.1. The molecule has 2 heterocycles. The number of piperidine rings is 1. The number of nitrogens with two attached hydrogens (primary N) is 1. The zero-order valence-corrected chi connectivity index (χ0v) is 14.7. The number of hydrogen-bond acceptors (Lipinski definition) is 3. The molecular weight excluding hydrogens is 319 g/mol. The van der Waals surface area contributed by atoms with Gasteiger partial charge >= 0.3 is 6.03 Å². The van der Waals surface area contributed by atoms with E-state index >= 15 is 0 Å². The first-order chi connectivity index (χ1) is 12.1. The molecule has 4 aliphatic rings. The predicted molar refractivity (Wildman–Crippen MR) is 96.0 cm³/mol. The number of rotatable bonds is 3. The van der Waals surface area contributed by atoms with Crippen LogP contribution in [0.3, 0.4) is 0 Å². The van der Waals surface area contributed by atoms with E-state index in [2.05, 4.69) is 9.89 Å². The standard InChI is InChI=1S/C19H27FN4O/c20-15-6-3-7-16(12-15)24-18(25)22-17(21)19(24)8-10-23(11-9-19)13-14-4-1-2-5-14/h3,6-7,14-15H,1-2,4-5,8-13H2,(H2,21,22,25). The van der Waals surface area contributed by atoms with E-state index in [9.17, 15) is 9.18 Å². The smallest absolute Gasteiger partial charge is 0.350 e. The minimum atomic E-state index is -1.05. The molecule has 0 aromatic rings. The van der Waals surface area contributed by atoms with Crippen molar-refractivity contribution in [2.45, 2.75) is 56.7 Å². The second-order valence-corrected chi connectivity index (χ2v) is 7.86.